The van der Waals surface area contributed by atoms with E-state index in [1.807, 2.05) is 54.6 Å². The molecule has 0 saturated carbocycles. The Morgan fingerprint density at radius 3 is 2.68 bits per heavy atom. The van der Waals surface area contributed by atoms with Crippen molar-refractivity contribution in [2.45, 2.75) is 0 Å². The van der Waals surface area contributed by atoms with Crippen LogP contribution in [-0.2, 0) is 0 Å². The van der Waals surface area contributed by atoms with Gasteiger partial charge < -0.3 is 4.74 Å². The minimum atomic E-state index is 0.620. The van der Waals surface area contributed by atoms with E-state index in [1.54, 1.807) is 6.21 Å². The number of pyridine rings is 1. The Labute approximate surface area is 110 Å². The molecule has 0 atom stereocenters. The van der Waals surface area contributed by atoms with Crippen molar-refractivity contribution < 1.29 is 4.74 Å². The average Bonchev–Trinajstić information content (AvgIpc) is 2.63. The minimum Gasteiger partial charge on any atom is -0.453 e. The Balaban J connectivity index is 1.96. The standard InChI is InChI=1S/C16H10N2O/c1-3-7-13-11(5-1)9-15-16(18-13)17-10-12-6-2-4-8-14(12)19-15/h1-10H. The highest BCUT2D eigenvalue weighted by atomic mass is 16.5. The van der Waals surface area contributed by atoms with Gasteiger partial charge in [-0.15, -0.1) is 0 Å². The molecule has 3 nitrogen and oxygen atoms in total. The summed E-state index contributed by atoms with van der Waals surface area (Å²) in [5.74, 6) is 2.12. The van der Waals surface area contributed by atoms with E-state index in [0.717, 1.165) is 22.2 Å². The SMILES string of the molecule is C1=Nc2nc3ccccc3cc2Oc2ccccc21. The van der Waals surface area contributed by atoms with Gasteiger partial charge in [0.05, 0.1) is 5.52 Å². The first-order valence-electron chi connectivity index (χ1n) is 6.11. The Bertz CT molecular complexity index is 809. The molecule has 1 aromatic heterocycles. The molecule has 3 heteroatoms. The van der Waals surface area contributed by atoms with Crippen molar-refractivity contribution in [1.29, 1.82) is 0 Å². The average molecular weight is 246 g/mol. The molecule has 4 rings (SSSR count). The molecule has 0 bridgehead atoms. The number of aromatic nitrogens is 1. The summed E-state index contributed by atoms with van der Waals surface area (Å²) >= 11 is 0. The van der Waals surface area contributed by atoms with E-state index in [4.69, 9.17) is 4.74 Å². The summed E-state index contributed by atoms with van der Waals surface area (Å²) in [7, 11) is 0. The van der Waals surface area contributed by atoms with Crippen LogP contribution in [0.15, 0.2) is 59.6 Å². The van der Waals surface area contributed by atoms with E-state index in [2.05, 4.69) is 9.98 Å². The fraction of sp³-hybridized carbons (Fsp3) is 0. The van der Waals surface area contributed by atoms with Crippen LogP contribution in [0.3, 0.4) is 0 Å². The van der Waals surface area contributed by atoms with Crippen molar-refractivity contribution in [3.05, 3.63) is 60.2 Å². The highest BCUT2D eigenvalue weighted by Gasteiger charge is 2.13. The normalized spacial score (nSPS) is 12.4. The van der Waals surface area contributed by atoms with Crippen LogP contribution < -0.4 is 4.74 Å². The number of hydrogen-bond acceptors (Lipinski definition) is 3. The maximum Gasteiger partial charge on any atom is 0.196 e. The van der Waals surface area contributed by atoms with E-state index >= 15 is 0 Å². The van der Waals surface area contributed by atoms with Gasteiger partial charge in [-0.05, 0) is 24.3 Å². The molecular weight excluding hydrogens is 236 g/mol. The van der Waals surface area contributed by atoms with Gasteiger partial charge in [-0.25, -0.2) is 9.98 Å². The number of hydrogen-bond donors (Lipinski definition) is 0. The molecule has 0 aliphatic carbocycles. The maximum atomic E-state index is 5.92. The van der Waals surface area contributed by atoms with E-state index in [-0.39, 0.29) is 0 Å². The monoisotopic (exact) mass is 246 g/mol. The van der Waals surface area contributed by atoms with Gasteiger partial charge in [0, 0.05) is 17.2 Å². The molecule has 0 saturated heterocycles. The highest BCUT2D eigenvalue weighted by molar-refractivity contribution is 5.89. The lowest BCUT2D eigenvalue weighted by molar-refractivity contribution is 0.484. The van der Waals surface area contributed by atoms with Crippen LogP contribution in [-0.4, -0.2) is 11.2 Å². The van der Waals surface area contributed by atoms with Crippen LogP contribution in [0.1, 0.15) is 5.56 Å². The van der Waals surface area contributed by atoms with Gasteiger partial charge >= 0.3 is 0 Å². The van der Waals surface area contributed by atoms with Crippen molar-refractivity contribution >= 4 is 22.9 Å². The predicted molar refractivity (Wildman–Crippen MR) is 75.5 cm³/mol. The molecule has 3 aromatic rings. The summed E-state index contributed by atoms with van der Waals surface area (Å²) in [5.41, 5.74) is 1.89. The molecule has 0 amide bonds. The van der Waals surface area contributed by atoms with Gasteiger partial charge in [-0.1, -0.05) is 30.3 Å². The number of fused-ring (bicyclic) bond motifs is 3. The molecule has 90 valence electrons. The molecule has 1 aliphatic heterocycles. The lowest BCUT2D eigenvalue weighted by Gasteiger charge is -2.08. The topological polar surface area (TPSA) is 34.5 Å². The van der Waals surface area contributed by atoms with E-state index in [1.165, 1.54) is 0 Å². The Hall–Kier alpha value is -2.68. The molecule has 0 fully saturated rings. The Kier molecular flexibility index (Phi) is 2.12. The summed E-state index contributed by atoms with van der Waals surface area (Å²) in [6.45, 7) is 0. The van der Waals surface area contributed by atoms with Gasteiger partial charge in [0.1, 0.15) is 5.75 Å². The summed E-state index contributed by atoms with van der Waals surface area (Å²) < 4.78 is 5.92. The van der Waals surface area contributed by atoms with Crippen LogP contribution in [0, 0.1) is 0 Å². The lowest BCUT2D eigenvalue weighted by atomic mass is 10.2. The second-order valence-electron chi connectivity index (χ2n) is 4.40. The van der Waals surface area contributed by atoms with Crippen LogP contribution in [0.5, 0.6) is 11.5 Å². The van der Waals surface area contributed by atoms with Crippen LogP contribution in [0.4, 0.5) is 5.82 Å². The second-order valence-corrected chi connectivity index (χ2v) is 4.40. The fourth-order valence-electron chi connectivity index (χ4n) is 2.18. The quantitative estimate of drug-likeness (QED) is 0.468. The number of aliphatic imine (C=N–C) groups is 1. The van der Waals surface area contributed by atoms with Gasteiger partial charge in [0.25, 0.3) is 0 Å². The first-order chi connectivity index (χ1) is 9.40. The zero-order valence-corrected chi connectivity index (χ0v) is 10.1. The largest absolute Gasteiger partial charge is 0.453 e. The van der Waals surface area contributed by atoms with Crippen molar-refractivity contribution in [1.82, 2.24) is 4.98 Å². The summed E-state index contributed by atoms with van der Waals surface area (Å²) in [5, 5.41) is 1.05. The second kappa shape index (κ2) is 3.92. The summed E-state index contributed by atoms with van der Waals surface area (Å²) in [4.78, 5) is 8.95. The van der Waals surface area contributed by atoms with Crippen LogP contribution in [0.2, 0.25) is 0 Å². The van der Waals surface area contributed by atoms with Gasteiger partial charge in [-0.3, -0.25) is 0 Å². The zero-order chi connectivity index (χ0) is 12.7. The molecule has 2 heterocycles. The Morgan fingerprint density at radius 1 is 0.842 bits per heavy atom. The van der Waals surface area contributed by atoms with Crippen molar-refractivity contribution in [2.75, 3.05) is 0 Å². The molecule has 1 aliphatic rings. The number of para-hydroxylation sites is 2. The number of ether oxygens (including phenoxy) is 1. The summed E-state index contributed by atoms with van der Waals surface area (Å²) in [6.07, 6.45) is 1.79. The fourth-order valence-corrected chi connectivity index (χ4v) is 2.18. The highest BCUT2D eigenvalue weighted by Crippen LogP contribution is 2.36. The van der Waals surface area contributed by atoms with Crippen molar-refractivity contribution in [3.8, 4) is 11.5 Å². The lowest BCUT2D eigenvalue weighted by Crippen LogP contribution is -1.88. The third kappa shape index (κ3) is 1.67. The van der Waals surface area contributed by atoms with Gasteiger partial charge in [0.15, 0.2) is 11.6 Å². The molecule has 0 radical (unpaired) electrons. The predicted octanol–water partition coefficient (Wildman–Crippen LogP) is 4.09. The van der Waals surface area contributed by atoms with Crippen LogP contribution in [0.25, 0.3) is 10.9 Å². The third-order valence-corrected chi connectivity index (χ3v) is 3.13. The van der Waals surface area contributed by atoms with Crippen molar-refractivity contribution in [3.63, 3.8) is 0 Å². The zero-order valence-electron chi connectivity index (χ0n) is 10.1. The first-order valence-corrected chi connectivity index (χ1v) is 6.11. The van der Waals surface area contributed by atoms with E-state index < -0.39 is 0 Å². The smallest absolute Gasteiger partial charge is 0.196 e. The molecular formula is C16H10N2O. The summed E-state index contributed by atoms with van der Waals surface area (Å²) in [6, 6.07) is 17.8. The van der Waals surface area contributed by atoms with E-state index in [0.29, 0.717) is 11.6 Å². The molecule has 0 N–H and O–H groups in total. The number of benzene rings is 2. The molecule has 0 unspecified atom stereocenters. The van der Waals surface area contributed by atoms with E-state index in [9.17, 15) is 0 Å². The van der Waals surface area contributed by atoms with Crippen molar-refractivity contribution in [2.24, 2.45) is 4.99 Å². The maximum absolute atomic E-state index is 5.92. The minimum absolute atomic E-state index is 0.620. The molecule has 0 spiro atoms. The number of nitrogens with zero attached hydrogens (tertiary/aromatic N) is 2. The Morgan fingerprint density at radius 2 is 1.68 bits per heavy atom. The molecule has 2 aromatic carbocycles. The van der Waals surface area contributed by atoms with Gasteiger partial charge in [0.2, 0.25) is 0 Å². The third-order valence-electron chi connectivity index (χ3n) is 3.13. The molecule has 19 heavy (non-hydrogen) atoms. The van der Waals surface area contributed by atoms with Crippen LogP contribution >= 0.6 is 0 Å². The first kappa shape index (κ1) is 10.3. The number of rotatable bonds is 0. The van der Waals surface area contributed by atoms with Gasteiger partial charge in [-0.2, -0.15) is 0 Å².